The summed E-state index contributed by atoms with van der Waals surface area (Å²) in [4.78, 5) is 16.9. The lowest BCUT2D eigenvalue weighted by Gasteiger charge is -2.12. The summed E-state index contributed by atoms with van der Waals surface area (Å²) in [5.74, 6) is 0.655. The second kappa shape index (κ2) is 8.34. The Morgan fingerprint density at radius 3 is 2.63 bits per heavy atom. The molecule has 0 fully saturated rings. The summed E-state index contributed by atoms with van der Waals surface area (Å²) in [5.41, 5.74) is 6.07. The maximum absolute atomic E-state index is 12.2. The number of nitrogens with one attached hydrogen (secondary N) is 1. The van der Waals surface area contributed by atoms with Crippen molar-refractivity contribution in [2.45, 2.75) is 39.5 Å². The minimum absolute atomic E-state index is 0.262. The van der Waals surface area contributed by atoms with E-state index in [9.17, 15) is 10.1 Å². The summed E-state index contributed by atoms with van der Waals surface area (Å²) in [6.07, 6.45) is 3.61. The highest BCUT2D eigenvalue weighted by Gasteiger charge is 2.16. The predicted molar refractivity (Wildman–Crippen MR) is 116 cm³/mol. The second-order valence-corrected chi connectivity index (χ2v) is 7.41. The third-order valence-electron chi connectivity index (χ3n) is 5.37. The molecule has 4 rings (SSSR count). The number of aromatic nitrogens is 4. The van der Waals surface area contributed by atoms with Crippen molar-refractivity contribution in [1.82, 2.24) is 19.6 Å². The van der Waals surface area contributed by atoms with Crippen molar-refractivity contribution in [3.8, 4) is 17.2 Å². The minimum Gasteiger partial charge on any atom is -0.246 e. The molecular formula is C24H23N5O. The zero-order chi connectivity index (χ0) is 21.1. The van der Waals surface area contributed by atoms with E-state index in [1.807, 2.05) is 43.3 Å². The van der Waals surface area contributed by atoms with E-state index in [1.165, 1.54) is 0 Å². The number of aromatic amines is 1. The van der Waals surface area contributed by atoms with Crippen LogP contribution in [-0.4, -0.2) is 19.6 Å². The molecule has 0 atom stereocenters. The number of benzene rings is 2. The maximum Gasteiger partial charge on any atom is 0.349 e. The highest BCUT2D eigenvalue weighted by molar-refractivity contribution is 5.70. The van der Waals surface area contributed by atoms with Crippen LogP contribution in [0.5, 0.6) is 0 Å². The fourth-order valence-electron chi connectivity index (χ4n) is 3.81. The van der Waals surface area contributed by atoms with E-state index in [0.29, 0.717) is 23.5 Å². The average molecular weight is 397 g/mol. The van der Waals surface area contributed by atoms with Crippen LogP contribution in [0.15, 0.2) is 53.3 Å². The van der Waals surface area contributed by atoms with Crippen LogP contribution in [0.25, 0.3) is 16.8 Å². The van der Waals surface area contributed by atoms with Gasteiger partial charge in [0.2, 0.25) is 0 Å². The molecule has 0 spiro atoms. The number of rotatable bonds is 6. The standard InChI is InChI=1S/C24H23N5O/c1-3-4-9-22-21(23-27-28-24(30)29(23)16(2)26-22)14-17-10-12-18(13-11-17)20-8-6-5-7-19(20)15-25/h5-8,10-13H,3-4,9,14H2,1-2H3,(H,28,30). The van der Waals surface area contributed by atoms with Crippen LogP contribution in [0.2, 0.25) is 0 Å². The largest absolute Gasteiger partial charge is 0.349 e. The molecule has 150 valence electrons. The summed E-state index contributed by atoms with van der Waals surface area (Å²) < 4.78 is 1.54. The first-order chi connectivity index (χ1) is 14.6. The Balaban J connectivity index is 1.73. The van der Waals surface area contributed by atoms with Gasteiger partial charge >= 0.3 is 5.69 Å². The quantitative estimate of drug-likeness (QED) is 0.528. The lowest BCUT2D eigenvalue weighted by molar-refractivity contribution is 0.753. The molecule has 0 saturated carbocycles. The molecule has 6 heteroatoms. The number of nitriles is 1. The topological polar surface area (TPSA) is 86.8 Å². The van der Waals surface area contributed by atoms with E-state index in [0.717, 1.165) is 47.2 Å². The van der Waals surface area contributed by atoms with Gasteiger partial charge in [-0.05, 0) is 42.5 Å². The van der Waals surface area contributed by atoms with Crippen LogP contribution in [0.4, 0.5) is 0 Å². The van der Waals surface area contributed by atoms with Gasteiger partial charge in [-0.15, -0.1) is 0 Å². The van der Waals surface area contributed by atoms with Gasteiger partial charge in [0.1, 0.15) is 5.82 Å². The molecule has 2 aromatic heterocycles. The summed E-state index contributed by atoms with van der Waals surface area (Å²) in [6.45, 7) is 3.99. The first-order valence-corrected chi connectivity index (χ1v) is 10.2. The molecule has 6 nitrogen and oxygen atoms in total. The minimum atomic E-state index is -0.262. The smallest absolute Gasteiger partial charge is 0.246 e. The lowest BCUT2D eigenvalue weighted by atomic mass is 9.96. The van der Waals surface area contributed by atoms with Gasteiger partial charge in [-0.3, -0.25) is 0 Å². The zero-order valence-electron chi connectivity index (χ0n) is 17.1. The van der Waals surface area contributed by atoms with Crippen molar-refractivity contribution >= 4 is 5.65 Å². The Morgan fingerprint density at radius 2 is 1.90 bits per heavy atom. The van der Waals surface area contributed by atoms with Gasteiger partial charge < -0.3 is 0 Å². The predicted octanol–water partition coefficient (Wildman–Crippen LogP) is 4.20. The van der Waals surface area contributed by atoms with Crippen LogP contribution < -0.4 is 5.69 Å². The molecule has 4 aromatic rings. The number of aryl methyl sites for hydroxylation is 2. The summed E-state index contributed by atoms with van der Waals surface area (Å²) >= 11 is 0. The van der Waals surface area contributed by atoms with Crippen LogP contribution in [0.3, 0.4) is 0 Å². The maximum atomic E-state index is 12.2. The van der Waals surface area contributed by atoms with Gasteiger partial charge in [0, 0.05) is 17.7 Å². The Kier molecular flexibility index (Phi) is 5.44. The van der Waals surface area contributed by atoms with Crippen LogP contribution in [0.1, 0.15) is 48.0 Å². The monoisotopic (exact) mass is 397 g/mol. The summed E-state index contributed by atoms with van der Waals surface area (Å²) in [5, 5.41) is 16.2. The zero-order valence-corrected chi connectivity index (χ0v) is 17.1. The SMILES string of the molecule is CCCCc1nc(C)n2c(=O)[nH]nc2c1Cc1ccc(-c2ccccc2C#N)cc1. The number of H-pyrrole nitrogens is 1. The fraction of sp³-hybridized carbons (Fsp3) is 0.250. The fourth-order valence-corrected chi connectivity index (χ4v) is 3.81. The van der Waals surface area contributed by atoms with Gasteiger partial charge in [0.15, 0.2) is 5.65 Å². The Bertz CT molecular complexity index is 1290. The second-order valence-electron chi connectivity index (χ2n) is 7.41. The van der Waals surface area contributed by atoms with Crippen molar-refractivity contribution in [2.75, 3.05) is 0 Å². The van der Waals surface area contributed by atoms with E-state index in [4.69, 9.17) is 4.98 Å². The molecule has 0 unspecified atom stereocenters. The van der Waals surface area contributed by atoms with Gasteiger partial charge in [-0.1, -0.05) is 55.8 Å². The number of fused-ring (bicyclic) bond motifs is 1. The molecule has 2 aromatic carbocycles. The van der Waals surface area contributed by atoms with Gasteiger partial charge in [0.25, 0.3) is 0 Å². The first kappa shape index (κ1) is 19.6. The Morgan fingerprint density at radius 1 is 1.13 bits per heavy atom. The van der Waals surface area contributed by atoms with Gasteiger partial charge in [-0.2, -0.15) is 10.4 Å². The number of hydrogen-bond donors (Lipinski definition) is 1. The molecule has 1 N–H and O–H groups in total. The molecule has 0 aliphatic rings. The molecule has 0 bridgehead atoms. The van der Waals surface area contributed by atoms with Crippen molar-refractivity contribution in [2.24, 2.45) is 0 Å². The van der Waals surface area contributed by atoms with E-state index >= 15 is 0 Å². The van der Waals surface area contributed by atoms with E-state index < -0.39 is 0 Å². The van der Waals surface area contributed by atoms with Crippen molar-refractivity contribution in [3.63, 3.8) is 0 Å². The van der Waals surface area contributed by atoms with E-state index in [-0.39, 0.29) is 5.69 Å². The number of nitrogens with zero attached hydrogens (tertiary/aromatic N) is 4. The Labute approximate surface area is 174 Å². The summed E-state index contributed by atoms with van der Waals surface area (Å²) in [6, 6.07) is 18.0. The molecule has 2 heterocycles. The van der Waals surface area contributed by atoms with Crippen molar-refractivity contribution in [3.05, 3.63) is 87.2 Å². The number of unbranched alkanes of at least 4 members (excludes halogenated alkanes) is 1. The van der Waals surface area contributed by atoms with E-state index in [2.05, 4.69) is 35.3 Å². The molecule has 0 aliphatic carbocycles. The molecule has 30 heavy (non-hydrogen) atoms. The first-order valence-electron chi connectivity index (χ1n) is 10.2. The molecule has 0 aliphatic heterocycles. The third-order valence-corrected chi connectivity index (χ3v) is 5.37. The average Bonchev–Trinajstić information content (AvgIpc) is 3.17. The van der Waals surface area contributed by atoms with Crippen LogP contribution in [0, 0.1) is 18.3 Å². The van der Waals surface area contributed by atoms with Gasteiger partial charge in [0.05, 0.1) is 11.6 Å². The summed E-state index contributed by atoms with van der Waals surface area (Å²) in [7, 11) is 0. The Hall–Kier alpha value is -3.72. The molecule has 0 amide bonds. The van der Waals surface area contributed by atoms with Gasteiger partial charge in [-0.25, -0.2) is 19.3 Å². The highest BCUT2D eigenvalue weighted by atomic mass is 16.1. The molecular weight excluding hydrogens is 374 g/mol. The van der Waals surface area contributed by atoms with Crippen molar-refractivity contribution < 1.29 is 0 Å². The normalized spacial score (nSPS) is 11.0. The van der Waals surface area contributed by atoms with Crippen LogP contribution in [-0.2, 0) is 12.8 Å². The molecule has 0 saturated heterocycles. The third kappa shape index (κ3) is 3.62. The number of hydrogen-bond acceptors (Lipinski definition) is 4. The molecule has 0 radical (unpaired) electrons. The van der Waals surface area contributed by atoms with Crippen molar-refractivity contribution in [1.29, 1.82) is 5.26 Å². The van der Waals surface area contributed by atoms with Crippen LogP contribution >= 0.6 is 0 Å². The highest BCUT2D eigenvalue weighted by Crippen LogP contribution is 2.25. The lowest BCUT2D eigenvalue weighted by Crippen LogP contribution is -2.16. The van der Waals surface area contributed by atoms with E-state index in [1.54, 1.807) is 4.40 Å².